The Bertz CT molecular complexity index is 117. The van der Waals surface area contributed by atoms with Crippen LogP contribution in [0, 0.1) is 5.92 Å². The summed E-state index contributed by atoms with van der Waals surface area (Å²) in [6.07, 6.45) is 2.75. The van der Waals surface area contributed by atoms with Crippen LogP contribution < -0.4 is 5.32 Å². The molecule has 2 nitrogen and oxygen atoms in total. The van der Waals surface area contributed by atoms with Crippen molar-refractivity contribution in [2.75, 3.05) is 26.7 Å². The largest absolute Gasteiger partial charge is 0.314 e. The summed E-state index contributed by atoms with van der Waals surface area (Å²) in [5, 5.41) is 3.53. The fourth-order valence-corrected chi connectivity index (χ4v) is 1.78. The monoisotopic (exact) mass is 170 g/mol. The van der Waals surface area contributed by atoms with Crippen molar-refractivity contribution >= 4 is 0 Å². The summed E-state index contributed by atoms with van der Waals surface area (Å²) in [5.74, 6) is 0.881. The van der Waals surface area contributed by atoms with E-state index >= 15 is 0 Å². The maximum Gasteiger partial charge on any atom is 0.00389 e. The minimum absolute atomic E-state index is 0.744. The van der Waals surface area contributed by atoms with Crippen LogP contribution in [0.4, 0.5) is 0 Å². The van der Waals surface area contributed by atoms with E-state index in [1.165, 1.54) is 32.5 Å². The molecule has 0 aliphatic carbocycles. The molecule has 1 rings (SSSR count). The highest BCUT2D eigenvalue weighted by Crippen LogP contribution is 2.14. The Morgan fingerprint density at radius 3 is 2.67 bits per heavy atom. The zero-order valence-electron chi connectivity index (χ0n) is 8.64. The molecule has 2 unspecified atom stereocenters. The maximum atomic E-state index is 3.53. The van der Waals surface area contributed by atoms with Gasteiger partial charge in [-0.2, -0.15) is 0 Å². The first-order valence-electron chi connectivity index (χ1n) is 5.14. The third kappa shape index (κ3) is 3.11. The Balaban J connectivity index is 2.17. The molecule has 1 aliphatic rings. The number of nitrogens with one attached hydrogen (secondary N) is 1. The van der Waals surface area contributed by atoms with Gasteiger partial charge in [-0.3, -0.25) is 0 Å². The Labute approximate surface area is 76.3 Å². The Hall–Kier alpha value is -0.0800. The Kier molecular flexibility index (Phi) is 4.02. The van der Waals surface area contributed by atoms with Crippen LogP contribution in [0.25, 0.3) is 0 Å². The van der Waals surface area contributed by atoms with Crippen molar-refractivity contribution in [1.82, 2.24) is 10.2 Å². The van der Waals surface area contributed by atoms with Gasteiger partial charge in [-0.05, 0) is 45.8 Å². The van der Waals surface area contributed by atoms with Gasteiger partial charge in [0.25, 0.3) is 0 Å². The van der Waals surface area contributed by atoms with Crippen LogP contribution in [0.5, 0.6) is 0 Å². The SMILES string of the molecule is CCN(C)CC1CCC(C)NC1. The van der Waals surface area contributed by atoms with Crippen molar-refractivity contribution < 1.29 is 0 Å². The molecule has 1 heterocycles. The number of piperidine rings is 1. The molecule has 2 heteroatoms. The number of rotatable bonds is 3. The molecule has 0 aromatic heterocycles. The van der Waals surface area contributed by atoms with Crippen molar-refractivity contribution in [2.45, 2.75) is 32.7 Å². The second kappa shape index (κ2) is 4.83. The number of hydrogen-bond donors (Lipinski definition) is 1. The fourth-order valence-electron chi connectivity index (χ4n) is 1.78. The van der Waals surface area contributed by atoms with Gasteiger partial charge >= 0.3 is 0 Å². The zero-order valence-corrected chi connectivity index (χ0v) is 8.64. The summed E-state index contributed by atoms with van der Waals surface area (Å²) in [4.78, 5) is 2.41. The van der Waals surface area contributed by atoms with Crippen molar-refractivity contribution in [2.24, 2.45) is 5.92 Å². The average molecular weight is 170 g/mol. The van der Waals surface area contributed by atoms with Crippen LogP contribution in [0.3, 0.4) is 0 Å². The second-order valence-electron chi connectivity index (χ2n) is 4.11. The van der Waals surface area contributed by atoms with Crippen LogP contribution in [0.1, 0.15) is 26.7 Å². The van der Waals surface area contributed by atoms with Crippen LogP contribution in [0.2, 0.25) is 0 Å². The molecule has 0 bridgehead atoms. The quantitative estimate of drug-likeness (QED) is 0.687. The highest BCUT2D eigenvalue weighted by molar-refractivity contribution is 4.76. The molecule has 1 saturated heterocycles. The summed E-state index contributed by atoms with van der Waals surface area (Å²) >= 11 is 0. The molecule has 0 saturated carbocycles. The zero-order chi connectivity index (χ0) is 8.97. The van der Waals surface area contributed by atoms with E-state index in [1.807, 2.05) is 0 Å². The third-order valence-electron chi connectivity index (χ3n) is 2.87. The number of nitrogens with zero attached hydrogens (tertiary/aromatic N) is 1. The van der Waals surface area contributed by atoms with Gasteiger partial charge in [-0.15, -0.1) is 0 Å². The van der Waals surface area contributed by atoms with E-state index in [-0.39, 0.29) is 0 Å². The van der Waals surface area contributed by atoms with Crippen LogP contribution >= 0.6 is 0 Å². The van der Waals surface area contributed by atoms with E-state index < -0.39 is 0 Å². The minimum Gasteiger partial charge on any atom is -0.314 e. The summed E-state index contributed by atoms with van der Waals surface area (Å²) in [6.45, 7) is 8.15. The molecule has 1 N–H and O–H groups in total. The molecule has 1 aliphatic heterocycles. The summed E-state index contributed by atoms with van der Waals surface area (Å²) in [5.41, 5.74) is 0. The third-order valence-corrected chi connectivity index (χ3v) is 2.87. The van der Waals surface area contributed by atoms with Gasteiger partial charge in [-0.25, -0.2) is 0 Å². The summed E-state index contributed by atoms with van der Waals surface area (Å²) in [6, 6.07) is 0.744. The Morgan fingerprint density at radius 1 is 1.42 bits per heavy atom. The van der Waals surface area contributed by atoms with Crippen LogP contribution in [-0.2, 0) is 0 Å². The average Bonchev–Trinajstić information content (AvgIpc) is 2.09. The molecule has 72 valence electrons. The minimum atomic E-state index is 0.744. The van der Waals surface area contributed by atoms with Crippen LogP contribution in [-0.4, -0.2) is 37.6 Å². The molecule has 0 spiro atoms. The first kappa shape index (κ1) is 10.0. The molecule has 2 atom stereocenters. The Morgan fingerprint density at radius 2 is 2.17 bits per heavy atom. The summed E-state index contributed by atoms with van der Waals surface area (Å²) in [7, 11) is 2.21. The highest BCUT2D eigenvalue weighted by atomic mass is 15.1. The van der Waals surface area contributed by atoms with E-state index in [1.54, 1.807) is 0 Å². The standard InChI is InChI=1S/C10H22N2/c1-4-12(3)8-10-6-5-9(2)11-7-10/h9-11H,4-8H2,1-3H3. The van der Waals surface area contributed by atoms with Crippen molar-refractivity contribution in [3.05, 3.63) is 0 Å². The topological polar surface area (TPSA) is 15.3 Å². The van der Waals surface area contributed by atoms with E-state index in [9.17, 15) is 0 Å². The first-order valence-corrected chi connectivity index (χ1v) is 5.14. The van der Waals surface area contributed by atoms with Gasteiger partial charge in [0.05, 0.1) is 0 Å². The lowest BCUT2D eigenvalue weighted by Crippen LogP contribution is -2.41. The van der Waals surface area contributed by atoms with Crippen molar-refractivity contribution in [1.29, 1.82) is 0 Å². The molecule has 0 aromatic rings. The molecular formula is C10H22N2. The maximum absolute atomic E-state index is 3.53. The van der Waals surface area contributed by atoms with Crippen LogP contribution in [0.15, 0.2) is 0 Å². The van der Waals surface area contributed by atoms with Gasteiger partial charge in [-0.1, -0.05) is 6.92 Å². The molecule has 0 radical (unpaired) electrons. The predicted octanol–water partition coefficient (Wildman–Crippen LogP) is 1.33. The smallest absolute Gasteiger partial charge is 0.00389 e. The van der Waals surface area contributed by atoms with Gasteiger partial charge in [0, 0.05) is 12.6 Å². The van der Waals surface area contributed by atoms with E-state index in [2.05, 4.69) is 31.1 Å². The van der Waals surface area contributed by atoms with Gasteiger partial charge in [0.15, 0.2) is 0 Å². The van der Waals surface area contributed by atoms with E-state index in [0.29, 0.717) is 0 Å². The second-order valence-corrected chi connectivity index (χ2v) is 4.11. The lowest BCUT2D eigenvalue weighted by atomic mass is 9.95. The van der Waals surface area contributed by atoms with Gasteiger partial charge < -0.3 is 10.2 Å². The lowest BCUT2D eigenvalue weighted by molar-refractivity contribution is 0.233. The highest BCUT2D eigenvalue weighted by Gasteiger charge is 2.17. The molecule has 0 amide bonds. The van der Waals surface area contributed by atoms with E-state index in [4.69, 9.17) is 0 Å². The fraction of sp³-hybridized carbons (Fsp3) is 1.00. The molecule has 12 heavy (non-hydrogen) atoms. The van der Waals surface area contributed by atoms with Crippen molar-refractivity contribution in [3.8, 4) is 0 Å². The molecule has 0 aromatic carbocycles. The first-order chi connectivity index (χ1) is 5.72. The van der Waals surface area contributed by atoms with Crippen molar-refractivity contribution in [3.63, 3.8) is 0 Å². The molecular weight excluding hydrogens is 148 g/mol. The van der Waals surface area contributed by atoms with Gasteiger partial charge in [0.1, 0.15) is 0 Å². The summed E-state index contributed by atoms with van der Waals surface area (Å²) < 4.78 is 0. The number of hydrogen-bond acceptors (Lipinski definition) is 2. The predicted molar refractivity (Wildman–Crippen MR) is 53.4 cm³/mol. The lowest BCUT2D eigenvalue weighted by Gasteiger charge is -2.30. The normalized spacial score (nSPS) is 31.0. The van der Waals surface area contributed by atoms with E-state index in [0.717, 1.165) is 12.0 Å². The van der Waals surface area contributed by atoms with Gasteiger partial charge in [0.2, 0.25) is 0 Å². The molecule has 1 fully saturated rings.